The number of nitrogens with one attached hydrogen (secondary N) is 1. The Kier molecular flexibility index (Phi) is 3.38. The van der Waals surface area contributed by atoms with Crippen LogP contribution in [0.1, 0.15) is 30.4 Å². The highest BCUT2D eigenvalue weighted by molar-refractivity contribution is 7.89. The van der Waals surface area contributed by atoms with E-state index >= 15 is 0 Å². The second-order valence-electron chi connectivity index (χ2n) is 5.36. The fourth-order valence-electron chi connectivity index (χ4n) is 1.98. The van der Waals surface area contributed by atoms with Gasteiger partial charge in [-0.3, -0.25) is 4.40 Å². The number of ether oxygens (including phenoxy) is 1. The first-order chi connectivity index (χ1) is 10.3. The molecule has 0 radical (unpaired) electrons. The van der Waals surface area contributed by atoms with Crippen molar-refractivity contribution in [2.24, 2.45) is 0 Å². The van der Waals surface area contributed by atoms with Crippen LogP contribution in [0.3, 0.4) is 0 Å². The molecule has 2 aromatic rings. The number of methoxy groups -OCH3 is 1. The standard InChI is InChI=1S/C12H13ClN4O4S/c1-12(3-4-12)16-22(19,20)8-6-17-7(9(13)15-8)5-14-10(17)11(18)21-2/h5-6,16H,3-4H2,1-2H3. The second-order valence-corrected chi connectivity index (χ2v) is 7.35. The van der Waals surface area contributed by atoms with Crippen LogP contribution in [-0.2, 0) is 14.8 Å². The average Bonchev–Trinajstić information content (AvgIpc) is 3.00. The molecule has 1 N–H and O–H groups in total. The third-order valence-electron chi connectivity index (χ3n) is 3.48. The molecular weight excluding hydrogens is 332 g/mol. The van der Waals surface area contributed by atoms with Crippen LogP contribution in [0.25, 0.3) is 5.52 Å². The number of carbonyl (C=O) groups excluding carboxylic acids is 1. The van der Waals surface area contributed by atoms with Crippen molar-refractivity contribution < 1.29 is 17.9 Å². The molecule has 0 bridgehead atoms. The molecule has 0 aliphatic heterocycles. The maximum absolute atomic E-state index is 12.4. The highest BCUT2D eigenvalue weighted by Crippen LogP contribution is 2.36. The molecule has 0 aromatic carbocycles. The Morgan fingerprint density at radius 3 is 2.77 bits per heavy atom. The Morgan fingerprint density at radius 1 is 1.50 bits per heavy atom. The van der Waals surface area contributed by atoms with Crippen LogP contribution in [0.2, 0.25) is 5.15 Å². The van der Waals surface area contributed by atoms with E-state index in [4.69, 9.17) is 11.6 Å². The van der Waals surface area contributed by atoms with E-state index in [1.165, 1.54) is 23.9 Å². The van der Waals surface area contributed by atoms with Crippen molar-refractivity contribution in [3.05, 3.63) is 23.4 Å². The summed E-state index contributed by atoms with van der Waals surface area (Å²) in [6.45, 7) is 1.81. The van der Waals surface area contributed by atoms with E-state index in [0.717, 1.165) is 12.8 Å². The van der Waals surface area contributed by atoms with Crippen molar-refractivity contribution >= 4 is 33.1 Å². The molecule has 0 spiro atoms. The van der Waals surface area contributed by atoms with Gasteiger partial charge in [0.25, 0.3) is 10.0 Å². The summed E-state index contributed by atoms with van der Waals surface area (Å²) >= 11 is 6.00. The van der Waals surface area contributed by atoms with Crippen LogP contribution in [0, 0.1) is 0 Å². The minimum Gasteiger partial charge on any atom is -0.463 e. The SMILES string of the molecule is COC(=O)c1ncc2c(Cl)nc(S(=O)(=O)NC3(C)CC3)cn12. The van der Waals surface area contributed by atoms with Gasteiger partial charge in [-0.25, -0.2) is 27.9 Å². The molecule has 1 aliphatic carbocycles. The maximum Gasteiger partial charge on any atom is 0.374 e. The number of hydrogen-bond donors (Lipinski definition) is 1. The zero-order valence-electron chi connectivity index (χ0n) is 11.8. The number of esters is 1. The van der Waals surface area contributed by atoms with Crippen LogP contribution in [0.5, 0.6) is 0 Å². The number of halogens is 1. The first-order valence-electron chi connectivity index (χ1n) is 6.42. The molecule has 8 nitrogen and oxygen atoms in total. The summed E-state index contributed by atoms with van der Waals surface area (Å²) in [4.78, 5) is 19.4. The van der Waals surface area contributed by atoms with Crippen molar-refractivity contribution in [3.8, 4) is 0 Å². The van der Waals surface area contributed by atoms with Gasteiger partial charge >= 0.3 is 5.97 Å². The quantitative estimate of drug-likeness (QED) is 0.830. The monoisotopic (exact) mass is 344 g/mol. The maximum atomic E-state index is 12.4. The summed E-state index contributed by atoms with van der Waals surface area (Å²) in [5.74, 6) is -0.774. The molecule has 1 fully saturated rings. The van der Waals surface area contributed by atoms with Crippen molar-refractivity contribution in [1.82, 2.24) is 19.1 Å². The van der Waals surface area contributed by atoms with Gasteiger partial charge in [0.15, 0.2) is 10.2 Å². The van der Waals surface area contributed by atoms with Gasteiger partial charge in [-0.1, -0.05) is 11.6 Å². The predicted octanol–water partition coefficient (Wildman–Crippen LogP) is 1.00. The van der Waals surface area contributed by atoms with Gasteiger partial charge in [-0.05, 0) is 19.8 Å². The summed E-state index contributed by atoms with van der Waals surface area (Å²) in [6.07, 6.45) is 4.06. The van der Waals surface area contributed by atoms with Crippen molar-refractivity contribution in [1.29, 1.82) is 0 Å². The first kappa shape index (κ1) is 15.2. The zero-order chi connectivity index (χ0) is 16.1. The third-order valence-corrected chi connectivity index (χ3v) is 5.27. The average molecular weight is 345 g/mol. The summed E-state index contributed by atoms with van der Waals surface area (Å²) in [7, 11) is -2.64. The summed E-state index contributed by atoms with van der Waals surface area (Å²) in [5.41, 5.74) is -0.124. The number of imidazole rings is 1. The van der Waals surface area contributed by atoms with Crippen LogP contribution in [-0.4, -0.2) is 41.4 Å². The van der Waals surface area contributed by atoms with E-state index in [2.05, 4.69) is 19.4 Å². The lowest BCUT2D eigenvalue weighted by atomic mass is 10.4. The van der Waals surface area contributed by atoms with E-state index in [9.17, 15) is 13.2 Å². The van der Waals surface area contributed by atoms with E-state index in [-0.39, 0.29) is 16.0 Å². The number of sulfonamides is 1. The molecule has 118 valence electrons. The van der Waals surface area contributed by atoms with Gasteiger partial charge in [0.2, 0.25) is 5.82 Å². The van der Waals surface area contributed by atoms with Crippen LogP contribution in [0.15, 0.2) is 17.4 Å². The van der Waals surface area contributed by atoms with Gasteiger partial charge in [-0.15, -0.1) is 0 Å². The van der Waals surface area contributed by atoms with Crippen LogP contribution in [0.4, 0.5) is 0 Å². The van der Waals surface area contributed by atoms with Gasteiger partial charge in [0.05, 0.1) is 19.5 Å². The molecule has 2 aromatic heterocycles. The minimum absolute atomic E-state index is 0.0634. The normalized spacial score (nSPS) is 16.7. The fourth-order valence-corrected chi connectivity index (χ4v) is 3.67. The summed E-state index contributed by atoms with van der Waals surface area (Å²) in [6, 6.07) is 0. The Morgan fingerprint density at radius 2 is 2.18 bits per heavy atom. The van der Waals surface area contributed by atoms with Crippen molar-refractivity contribution in [2.75, 3.05) is 7.11 Å². The predicted molar refractivity (Wildman–Crippen MR) is 77.3 cm³/mol. The Hall–Kier alpha value is -1.71. The Labute approximate surface area is 131 Å². The molecule has 0 atom stereocenters. The van der Waals surface area contributed by atoms with Gasteiger partial charge in [0.1, 0.15) is 5.52 Å². The Balaban J connectivity index is 2.13. The van der Waals surface area contributed by atoms with Crippen molar-refractivity contribution in [2.45, 2.75) is 30.3 Å². The number of rotatable bonds is 4. The number of aromatic nitrogens is 3. The lowest BCUT2D eigenvalue weighted by Gasteiger charge is -2.12. The number of hydrogen-bond acceptors (Lipinski definition) is 6. The number of nitrogens with zero attached hydrogens (tertiary/aromatic N) is 3. The molecule has 0 amide bonds. The van der Waals surface area contributed by atoms with Crippen molar-refractivity contribution in [3.63, 3.8) is 0 Å². The molecule has 3 rings (SSSR count). The van der Waals surface area contributed by atoms with E-state index in [1.54, 1.807) is 0 Å². The molecule has 0 saturated heterocycles. The molecule has 10 heteroatoms. The van der Waals surface area contributed by atoms with Gasteiger partial charge < -0.3 is 4.74 Å². The smallest absolute Gasteiger partial charge is 0.374 e. The molecule has 2 heterocycles. The minimum atomic E-state index is -3.84. The first-order valence-corrected chi connectivity index (χ1v) is 8.28. The van der Waals surface area contributed by atoms with E-state index < -0.39 is 21.5 Å². The fraction of sp³-hybridized carbons (Fsp3) is 0.417. The third kappa shape index (κ3) is 2.55. The summed E-state index contributed by atoms with van der Waals surface area (Å²) in [5, 5.41) is -0.340. The molecule has 0 unspecified atom stereocenters. The highest BCUT2D eigenvalue weighted by Gasteiger charge is 2.41. The number of carbonyl (C=O) groups is 1. The lowest BCUT2D eigenvalue weighted by Crippen LogP contribution is -2.34. The lowest BCUT2D eigenvalue weighted by molar-refractivity contribution is 0.0586. The topological polar surface area (TPSA) is 103 Å². The zero-order valence-corrected chi connectivity index (χ0v) is 13.4. The van der Waals surface area contributed by atoms with Crippen LogP contribution < -0.4 is 4.72 Å². The molecule has 22 heavy (non-hydrogen) atoms. The Bertz CT molecular complexity index is 873. The van der Waals surface area contributed by atoms with E-state index in [1.807, 2.05) is 6.92 Å². The summed E-state index contributed by atoms with van der Waals surface area (Å²) < 4.78 is 33.2. The van der Waals surface area contributed by atoms with Crippen LogP contribution >= 0.6 is 11.6 Å². The second kappa shape index (κ2) is 4.90. The molecular formula is C12H13ClN4O4S. The highest BCUT2D eigenvalue weighted by atomic mass is 35.5. The molecule has 1 aliphatic rings. The van der Waals surface area contributed by atoms with Gasteiger partial charge in [-0.2, -0.15) is 0 Å². The van der Waals surface area contributed by atoms with E-state index in [0.29, 0.717) is 5.52 Å². The largest absolute Gasteiger partial charge is 0.463 e. The van der Waals surface area contributed by atoms with Gasteiger partial charge in [0, 0.05) is 5.54 Å². The number of fused-ring (bicyclic) bond motifs is 1. The molecule has 1 saturated carbocycles.